The molecule has 0 bridgehead atoms. The molecule has 1 aromatic heterocycles. The smallest absolute Gasteiger partial charge is 0.254 e. The van der Waals surface area contributed by atoms with Crippen LogP contribution in [-0.2, 0) is 14.9 Å². The summed E-state index contributed by atoms with van der Waals surface area (Å²) >= 11 is 0. The molecule has 1 amide bonds. The lowest BCUT2D eigenvalue weighted by Crippen LogP contribution is -2.41. The van der Waals surface area contributed by atoms with Crippen molar-refractivity contribution in [3.05, 3.63) is 65.2 Å². The number of para-hydroxylation sites is 1. The van der Waals surface area contributed by atoms with Crippen molar-refractivity contribution in [2.45, 2.75) is 25.2 Å². The van der Waals surface area contributed by atoms with Gasteiger partial charge in [0.2, 0.25) is 0 Å². The lowest BCUT2D eigenvalue weighted by molar-refractivity contribution is 0.0304. The Morgan fingerprint density at radius 2 is 1.80 bits per heavy atom. The molecule has 0 unspecified atom stereocenters. The quantitative estimate of drug-likeness (QED) is 0.577. The number of methoxy groups -OCH3 is 1. The highest BCUT2D eigenvalue weighted by Crippen LogP contribution is 2.40. The summed E-state index contributed by atoms with van der Waals surface area (Å²) in [6, 6.07) is 16.1. The van der Waals surface area contributed by atoms with Gasteiger partial charge in [-0.2, -0.15) is 0 Å². The molecule has 0 spiro atoms. The van der Waals surface area contributed by atoms with Gasteiger partial charge in [-0.3, -0.25) is 4.79 Å². The van der Waals surface area contributed by atoms with Crippen LogP contribution in [0.2, 0.25) is 0 Å². The minimum absolute atomic E-state index is 0.0242. The van der Waals surface area contributed by atoms with Crippen LogP contribution in [0.4, 0.5) is 5.82 Å². The van der Waals surface area contributed by atoms with Crippen molar-refractivity contribution in [3.8, 4) is 5.75 Å². The highest BCUT2D eigenvalue weighted by atomic mass is 16.5. The predicted octanol–water partition coefficient (Wildman–Crippen LogP) is 4.18. The first-order valence-corrected chi connectivity index (χ1v) is 12.3. The number of carbonyl (C=O) groups is 1. The second kappa shape index (κ2) is 10.2. The van der Waals surface area contributed by atoms with Crippen molar-refractivity contribution >= 4 is 22.6 Å². The average Bonchev–Trinajstić information content (AvgIpc) is 2.92. The Bertz CT molecular complexity index is 1200. The number of ether oxygens (including phenoxy) is 3. The molecule has 0 saturated carbocycles. The maximum Gasteiger partial charge on any atom is 0.254 e. The number of nitrogens with zero attached hydrogens (tertiary/aromatic N) is 2. The first-order chi connectivity index (χ1) is 17.1. The molecule has 2 aliphatic heterocycles. The topological polar surface area (TPSA) is 72.9 Å². The molecule has 2 saturated heterocycles. The second-order valence-corrected chi connectivity index (χ2v) is 9.43. The van der Waals surface area contributed by atoms with Gasteiger partial charge in [0, 0.05) is 49.2 Å². The van der Waals surface area contributed by atoms with Crippen molar-refractivity contribution in [1.82, 2.24) is 9.88 Å². The molecule has 2 aromatic carbocycles. The third kappa shape index (κ3) is 4.83. The third-order valence-electron chi connectivity index (χ3n) is 7.23. The summed E-state index contributed by atoms with van der Waals surface area (Å²) in [5.74, 6) is 1.63. The summed E-state index contributed by atoms with van der Waals surface area (Å²) in [6.07, 6.45) is 1.76. The lowest BCUT2D eigenvalue weighted by atomic mass is 9.73. The molecule has 1 N–H and O–H groups in total. The number of hydrogen-bond acceptors (Lipinski definition) is 6. The molecule has 0 aliphatic carbocycles. The van der Waals surface area contributed by atoms with E-state index in [0.717, 1.165) is 29.5 Å². The van der Waals surface area contributed by atoms with Gasteiger partial charge in [0.05, 0.1) is 31.4 Å². The fourth-order valence-electron chi connectivity index (χ4n) is 5.18. The number of anilines is 1. The summed E-state index contributed by atoms with van der Waals surface area (Å²) in [5.41, 5.74) is 3.73. The first kappa shape index (κ1) is 23.6. The number of hydrogen-bond donors (Lipinski definition) is 1. The van der Waals surface area contributed by atoms with E-state index in [1.165, 1.54) is 11.1 Å². The predicted molar refractivity (Wildman–Crippen MR) is 136 cm³/mol. The highest BCUT2D eigenvalue weighted by molar-refractivity contribution is 6.07. The summed E-state index contributed by atoms with van der Waals surface area (Å²) in [4.78, 5) is 20.2. The Morgan fingerprint density at radius 3 is 2.57 bits per heavy atom. The van der Waals surface area contributed by atoms with Gasteiger partial charge in [0.25, 0.3) is 5.91 Å². The second-order valence-electron chi connectivity index (χ2n) is 9.43. The number of nitrogens with one attached hydrogen (secondary N) is 1. The fourth-order valence-corrected chi connectivity index (χ4v) is 5.18. The number of aromatic nitrogens is 1. The van der Waals surface area contributed by atoms with E-state index in [1.54, 1.807) is 7.11 Å². The molecule has 3 heterocycles. The molecular weight excluding hydrogens is 442 g/mol. The van der Waals surface area contributed by atoms with Crippen molar-refractivity contribution in [1.29, 1.82) is 0 Å². The molecular formula is C28H33N3O4. The summed E-state index contributed by atoms with van der Waals surface area (Å²) in [6.45, 7) is 6.54. The molecule has 0 radical (unpaired) electrons. The maximum atomic E-state index is 13.5. The van der Waals surface area contributed by atoms with Gasteiger partial charge >= 0.3 is 0 Å². The fraction of sp³-hybridized carbons (Fsp3) is 0.429. The van der Waals surface area contributed by atoms with E-state index >= 15 is 0 Å². The van der Waals surface area contributed by atoms with Crippen LogP contribution in [0, 0.1) is 6.92 Å². The van der Waals surface area contributed by atoms with Crippen LogP contribution in [0.5, 0.6) is 5.75 Å². The van der Waals surface area contributed by atoms with Crippen molar-refractivity contribution in [2.24, 2.45) is 0 Å². The van der Waals surface area contributed by atoms with E-state index in [2.05, 4.69) is 30.4 Å². The van der Waals surface area contributed by atoms with E-state index < -0.39 is 0 Å². The number of aryl methyl sites for hydroxylation is 1. The number of amides is 1. The SMILES string of the molecule is COc1ccc(C)cc1C1(CNc2cc(C(=O)N3CCOCC3)c3ccccc3n2)CCOCC1. The number of carbonyl (C=O) groups excluding carboxylic acids is 1. The van der Waals surface area contributed by atoms with Crippen molar-refractivity contribution < 1.29 is 19.0 Å². The number of pyridine rings is 1. The molecule has 3 aromatic rings. The van der Waals surface area contributed by atoms with Gasteiger partial charge in [0.1, 0.15) is 11.6 Å². The largest absolute Gasteiger partial charge is 0.496 e. The van der Waals surface area contributed by atoms with Gasteiger partial charge in [-0.1, -0.05) is 35.9 Å². The van der Waals surface area contributed by atoms with Crippen LogP contribution in [0.1, 0.15) is 34.3 Å². The number of benzene rings is 2. The van der Waals surface area contributed by atoms with Gasteiger partial charge in [-0.25, -0.2) is 4.98 Å². The monoisotopic (exact) mass is 475 g/mol. The molecule has 5 rings (SSSR count). The summed E-state index contributed by atoms with van der Waals surface area (Å²) < 4.78 is 16.9. The minimum atomic E-state index is -0.155. The average molecular weight is 476 g/mol. The Morgan fingerprint density at radius 1 is 1.06 bits per heavy atom. The van der Waals surface area contributed by atoms with Crippen LogP contribution in [0.3, 0.4) is 0 Å². The van der Waals surface area contributed by atoms with Crippen LogP contribution in [0.15, 0.2) is 48.5 Å². The van der Waals surface area contributed by atoms with Gasteiger partial charge < -0.3 is 24.4 Å². The molecule has 35 heavy (non-hydrogen) atoms. The molecule has 7 nitrogen and oxygen atoms in total. The molecule has 0 atom stereocenters. The normalized spacial score (nSPS) is 17.8. The number of rotatable bonds is 6. The molecule has 2 fully saturated rings. The Labute approximate surface area is 206 Å². The Balaban J connectivity index is 1.49. The minimum Gasteiger partial charge on any atom is -0.496 e. The van der Waals surface area contributed by atoms with Gasteiger partial charge in [-0.15, -0.1) is 0 Å². The van der Waals surface area contributed by atoms with Crippen LogP contribution in [-0.4, -0.2) is 69.0 Å². The van der Waals surface area contributed by atoms with E-state index in [9.17, 15) is 4.79 Å². The molecule has 7 heteroatoms. The lowest BCUT2D eigenvalue weighted by Gasteiger charge is -2.39. The third-order valence-corrected chi connectivity index (χ3v) is 7.23. The van der Waals surface area contributed by atoms with Crippen LogP contribution < -0.4 is 10.1 Å². The molecule has 2 aliphatic rings. The van der Waals surface area contributed by atoms with E-state index in [4.69, 9.17) is 19.2 Å². The van der Waals surface area contributed by atoms with Gasteiger partial charge in [-0.05, 0) is 38.0 Å². The van der Waals surface area contributed by atoms with Crippen LogP contribution in [0.25, 0.3) is 10.9 Å². The van der Waals surface area contributed by atoms with Crippen molar-refractivity contribution in [3.63, 3.8) is 0 Å². The zero-order valence-corrected chi connectivity index (χ0v) is 20.5. The molecule has 184 valence electrons. The zero-order chi connectivity index (χ0) is 24.3. The number of fused-ring (bicyclic) bond motifs is 1. The van der Waals surface area contributed by atoms with E-state index in [0.29, 0.717) is 57.4 Å². The zero-order valence-electron chi connectivity index (χ0n) is 20.5. The summed E-state index contributed by atoms with van der Waals surface area (Å²) in [7, 11) is 1.73. The Hall–Kier alpha value is -3.16. The Kier molecular flexibility index (Phi) is 6.88. The standard InChI is InChI=1S/C28H33N3O4/c1-20-7-8-25(33-2)23(17-20)28(9-13-34-14-10-28)19-29-26-18-22(21-5-3-4-6-24(21)30-26)27(32)31-11-15-35-16-12-31/h3-8,17-18H,9-16,19H2,1-2H3,(H,29,30). The van der Waals surface area contributed by atoms with E-state index in [-0.39, 0.29) is 11.3 Å². The van der Waals surface area contributed by atoms with Crippen molar-refractivity contribution in [2.75, 3.05) is 58.5 Å². The van der Waals surface area contributed by atoms with E-state index in [1.807, 2.05) is 35.2 Å². The van der Waals surface area contributed by atoms with Gasteiger partial charge in [0.15, 0.2) is 0 Å². The number of morpholine rings is 1. The summed E-state index contributed by atoms with van der Waals surface area (Å²) in [5, 5.41) is 4.47. The van der Waals surface area contributed by atoms with Crippen LogP contribution >= 0.6 is 0 Å². The first-order valence-electron chi connectivity index (χ1n) is 12.3. The maximum absolute atomic E-state index is 13.5. The highest BCUT2D eigenvalue weighted by Gasteiger charge is 2.37.